The van der Waals surface area contributed by atoms with Crippen LogP contribution >= 0.6 is 0 Å². The first-order chi connectivity index (χ1) is 13.2. The van der Waals surface area contributed by atoms with Crippen LogP contribution in [-0.2, 0) is 16.1 Å². The molecular formula is C20H31N3O4. The lowest BCUT2D eigenvalue weighted by atomic mass is 10.2. The molecule has 2 aliphatic heterocycles. The third kappa shape index (κ3) is 6.77. The van der Waals surface area contributed by atoms with Gasteiger partial charge in [0.25, 0.3) is 0 Å². The van der Waals surface area contributed by atoms with E-state index in [2.05, 4.69) is 10.2 Å². The van der Waals surface area contributed by atoms with Crippen molar-refractivity contribution in [2.24, 2.45) is 0 Å². The Morgan fingerprint density at radius 2 is 2.11 bits per heavy atom. The number of aliphatic hydroxyl groups excluding tert-OH is 1. The average Bonchev–Trinajstić information content (AvgIpc) is 3.10. The molecule has 1 amide bonds. The van der Waals surface area contributed by atoms with Crippen LogP contribution < -0.4 is 10.1 Å². The number of nitrogens with zero attached hydrogens (tertiary/aromatic N) is 2. The highest BCUT2D eigenvalue weighted by Crippen LogP contribution is 2.14. The van der Waals surface area contributed by atoms with Gasteiger partial charge < -0.3 is 24.8 Å². The monoisotopic (exact) mass is 377 g/mol. The molecule has 0 spiro atoms. The van der Waals surface area contributed by atoms with Crippen molar-refractivity contribution in [3.63, 3.8) is 0 Å². The van der Waals surface area contributed by atoms with Gasteiger partial charge >= 0.3 is 0 Å². The van der Waals surface area contributed by atoms with Gasteiger partial charge in [-0.15, -0.1) is 0 Å². The molecule has 27 heavy (non-hydrogen) atoms. The first kappa shape index (κ1) is 20.1. The second-order valence-corrected chi connectivity index (χ2v) is 7.19. The van der Waals surface area contributed by atoms with E-state index in [-0.39, 0.29) is 12.5 Å². The molecule has 2 aliphatic rings. The minimum Gasteiger partial charge on any atom is -0.491 e. The summed E-state index contributed by atoms with van der Waals surface area (Å²) in [4.78, 5) is 15.7. The standard InChI is InChI=1S/C20H31N3O4/c24-18(15-22-9-11-26-12-10-22)16-27-19-4-1-3-17(13-19)14-21-6-8-23-7-2-5-20(23)25/h1,3-4,13,18,21,24H,2,5-12,14-16H2. The summed E-state index contributed by atoms with van der Waals surface area (Å²) in [6, 6.07) is 7.92. The maximum atomic E-state index is 11.6. The molecule has 0 aromatic heterocycles. The van der Waals surface area contributed by atoms with Crippen LogP contribution in [0.2, 0.25) is 0 Å². The Bertz CT molecular complexity index is 592. The lowest BCUT2D eigenvalue weighted by Gasteiger charge is -2.28. The summed E-state index contributed by atoms with van der Waals surface area (Å²) in [6.45, 7) is 7.25. The highest BCUT2D eigenvalue weighted by molar-refractivity contribution is 5.78. The topological polar surface area (TPSA) is 74.3 Å². The molecule has 3 rings (SSSR count). The fourth-order valence-corrected chi connectivity index (χ4v) is 3.46. The van der Waals surface area contributed by atoms with E-state index in [1.165, 1.54) is 0 Å². The molecule has 2 N–H and O–H groups in total. The Hall–Kier alpha value is -1.67. The van der Waals surface area contributed by atoms with Crippen LogP contribution in [0.25, 0.3) is 0 Å². The van der Waals surface area contributed by atoms with Gasteiger partial charge in [-0.1, -0.05) is 12.1 Å². The second kappa shape index (κ2) is 10.6. The Kier molecular flexibility index (Phi) is 7.89. The van der Waals surface area contributed by atoms with Gasteiger partial charge in [-0.3, -0.25) is 9.69 Å². The maximum absolute atomic E-state index is 11.6. The Morgan fingerprint density at radius 1 is 1.26 bits per heavy atom. The number of ether oxygens (including phenoxy) is 2. The number of carbonyl (C=O) groups excluding carboxylic acids is 1. The summed E-state index contributed by atoms with van der Waals surface area (Å²) in [5, 5.41) is 13.6. The van der Waals surface area contributed by atoms with Crippen molar-refractivity contribution in [2.75, 3.05) is 59.1 Å². The van der Waals surface area contributed by atoms with Crippen LogP contribution in [0.1, 0.15) is 18.4 Å². The molecule has 7 nitrogen and oxygen atoms in total. The molecule has 1 unspecified atom stereocenters. The number of hydrogen-bond acceptors (Lipinski definition) is 6. The summed E-state index contributed by atoms with van der Waals surface area (Å²) in [5.74, 6) is 1.04. The summed E-state index contributed by atoms with van der Waals surface area (Å²) in [6.07, 6.45) is 1.16. The molecule has 0 bridgehead atoms. The first-order valence-electron chi connectivity index (χ1n) is 9.89. The summed E-state index contributed by atoms with van der Waals surface area (Å²) < 4.78 is 11.1. The van der Waals surface area contributed by atoms with Gasteiger partial charge in [-0.25, -0.2) is 0 Å². The van der Waals surface area contributed by atoms with Crippen LogP contribution in [0, 0.1) is 0 Å². The Labute approximate surface area is 161 Å². The van der Waals surface area contributed by atoms with Gasteiger partial charge in [0.15, 0.2) is 0 Å². The molecule has 0 aliphatic carbocycles. The minimum absolute atomic E-state index is 0.267. The van der Waals surface area contributed by atoms with Crippen LogP contribution in [0.4, 0.5) is 0 Å². The number of rotatable bonds is 10. The number of nitrogens with one attached hydrogen (secondary N) is 1. The highest BCUT2D eigenvalue weighted by Gasteiger charge is 2.19. The summed E-state index contributed by atoms with van der Waals surface area (Å²) in [5.41, 5.74) is 1.13. The van der Waals surface area contributed by atoms with Crippen LogP contribution in [0.5, 0.6) is 5.75 Å². The predicted molar refractivity (Wildman–Crippen MR) is 103 cm³/mol. The fourth-order valence-electron chi connectivity index (χ4n) is 3.46. The van der Waals surface area contributed by atoms with Crippen molar-refractivity contribution in [2.45, 2.75) is 25.5 Å². The predicted octanol–water partition coefficient (Wildman–Crippen LogP) is 0.471. The van der Waals surface area contributed by atoms with E-state index in [1.807, 2.05) is 29.2 Å². The molecule has 1 atom stereocenters. The van der Waals surface area contributed by atoms with Crippen molar-refractivity contribution in [1.82, 2.24) is 15.1 Å². The number of carbonyl (C=O) groups is 1. The largest absolute Gasteiger partial charge is 0.491 e. The molecule has 1 aromatic rings. The van der Waals surface area contributed by atoms with E-state index in [4.69, 9.17) is 9.47 Å². The molecular weight excluding hydrogens is 346 g/mol. The molecule has 7 heteroatoms. The number of hydrogen-bond donors (Lipinski definition) is 2. The zero-order valence-corrected chi connectivity index (χ0v) is 15.9. The smallest absolute Gasteiger partial charge is 0.222 e. The van der Waals surface area contributed by atoms with Gasteiger partial charge in [0.2, 0.25) is 5.91 Å². The Morgan fingerprint density at radius 3 is 2.89 bits per heavy atom. The van der Waals surface area contributed by atoms with Crippen LogP contribution in [0.15, 0.2) is 24.3 Å². The van der Waals surface area contributed by atoms with E-state index in [0.29, 0.717) is 13.0 Å². The van der Waals surface area contributed by atoms with E-state index >= 15 is 0 Å². The highest BCUT2D eigenvalue weighted by atomic mass is 16.5. The molecule has 150 valence electrons. The van der Waals surface area contributed by atoms with Crippen molar-refractivity contribution in [3.8, 4) is 5.75 Å². The van der Waals surface area contributed by atoms with Gasteiger partial charge in [-0.2, -0.15) is 0 Å². The zero-order chi connectivity index (χ0) is 18.9. The second-order valence-electron chi connectivity index (χ2n) is 7.19. The number of morpholine rings is 1. The molecule has 2 saturated heterocycles. The van der Waals surface area contributed by atoms with Crippen molar-refractivity contribution < 1.29 is 19.4 Å². The van der Waals surface area contributed by atoms with E-state index in [0.717, 1.165) is 70.2 Å². The summed E-state index contributed by atoms with van der Waals surface area (Å²) >= 11 is 0. The number of benzene rings is 1. The quantitative estimate of drug-likeness (QED) is 0.578. The van der Waals surface area contributed by atoms with Crippen LogP contribution in [-0.4, -0.2) is 86.0 Å². The van der Waals surface area contributed by atoms with E-state index in [1.54, 1.807) is 0 Å². The maximum Gasteiger partial charge on any atom is 0.222 e. The van der Waals surface area contributed by atoms with Gasteiger partial charge in [0.05, 0.1) is 13.2 Å². The molecule has 2 heterocycles. The Balaban J connectivity index is 1.34. The number of likely N-dealkylation sites (tertiary alicyclic amines) is 1. The summed E-state index contributed by atoms with van der Waals surface area (Å²) in [7, 11) is 0. The van der Waals surface area contributed by atoms with E-state index < -0.39 is 6.10 Å². The van der Waals surface area contributed by atoms with Crippen molar-refractivity contribution >= 4 is 5.91 Å². The fraction of sp³-hybridized carbons (Fsp3) is 0.650. The SMILES string of the molecule is O=C1CCCN1CCNCc1cccc(OCC(O)CN2CCOCC2)c1. The lowest BCUT2D eigenvalue weighted by molar-refractivity contribution is -0.127. The van der Waals surface area contributed by atoms with E-state index in [9.17, 15) is 9.90 Å². The van der Waals surface area contributed by atoms with Crippen molar-refractivity contribution in [3.05, 3.63) is 29.8 Å². The molecule has 2 fully saturated rings. The first-order valence-corrected chi connectivity index (χ1v) is 9.89. The molecule has 0 saturated carbocycles. The number of β-amino-alcohol motifs (C(OH)–C–C–N with tert-alkyl or cyclic N) is 1. The number of amides is 1. The third-order valence-electron chi connectivity index (χ3n) is 4.97. The minimum atomic E-state index is -0.511. The lowest BCUT2D eigenvalue weighted by Crippen LogP contribution is -2.42. The molecule has 1 aromatic carbocycles. The zero-order valence-electron chi connectivity index (χ0n) is 15.9. The van der Waals surface area contributed by atoms with Gasteiger partial charge in [0, 0.05) is 52.2 Å². The normalized spacial score (nSPS) is 19.4. The van der Waals surface area contributed by atoms with Crippen LogP contribution in [0.3, 0.4) is 0 Å². The van der Waals surface area contributed by atoms with Crippen molar-refractivity contribution in [1.29, 1.82) is 0 Å². The average molecular weight is 377 g/mol. The molecule has 0 radical (unpaired) electrons. The van der Waals surface area contributed by atoms with Gasteiger partial charge in [0.1, 0.15) is 18.5 Å². The third-order valence-corrected chi connectivity index (χ3v) is 4.97. The van der Waals surface area contributed by atoms with Gasteiger partial charge in [-0.05, 0) is 24.1 Å². The number of aliphatic hydroxyl groups is 1.